The number of thioether (sulfide) groups is 1. The fourth-order valence-corrected chi connectivity index (χ4v) is 10.6. The molecule has 5 rings (SSSR count). The van der Waals surface area contributed by atoms with Gasteiger partial charge < -0.3 is 94.4 Å². The number of hydrogen-bond acceptors (Lipinski definition) is 20. The number of nitrogens with two attached hydrogens (primary N) is 2. The zero-order valence-corrected chi connectivity index (χ0v) is 54.3. The van der Waals surface area contributed by atoms with Crippen molar-refractivity contribution in [3.05, 3.63) is 102 Å². The predicted octanol–water partition coefficient (Wildman–Crippen LogP) is -5.40. The third kappa shape index (κ3) is 26.1. The lowest BCUT2D eigenvalue weighted by atomic mass is 10.0. The highest BCUT2D eigenvalue weighted by Crippen LogP contribution is 2.20. The molecule has 1 saturated heterocycles. The predicted molar refractivity (Wildman–Crippen MR) is 344 cm³/mol. The van der Waals surface area contributed by atoms with Crippen LogP contribution in [0.15, 0.2) is 85.1 Å². The van der Waals surface area contributed by atoms with Crippen LogP contribution in [-0.4, -0.2) is 208 Å². The van der Waals surface area contributed by atoms with Gasteiger partial charge in [-0.05, 0) is 73.1 Å². The highest BCUT2D eigenvalue weighted by Gasteiger charge is 2.37. The Hall–Kier alpha value is -10.7. The molecule has 0 aliphatic carbocycles. The first kappa shape index (κ1) is 78.0. The minimum atomic E-state index is -5.00. The van der Waals surface area contributed by atoms with E-state index in [-0.39, 0.29) is 43.4 Å². The van der Waals surface area contributed by atoms with Crippen LogP contribution in [0.2, 0.25) is 0 Å². The van der Waals surface area contributed by atoms with Gasteiger partial charge in [-0.15, -0.1) is 0 Å². The normalized spacial score (nSPS) is 15.4. The van der Waals surface area contributed by atoms with E-state index in [1.54, 1.807) is 67.0 Å². The highest BCUT2D eigenvalue weighted by molar-refractivity contribution is 7.98. The number of para-hydroxylation sites is 1. The smallest absolute Gasteiger partial charge is 0.446 e. The molecule has 0 radical (unpaired) electrons. The van der Waals surface area contributed by atoms with Gasteiger partial charge in [-0.3, -0.25) is 76.5 Å². The van der Waals surface area contributed by atoms with Crippen LogP contribution >= 0.6 is 11.8 Å². The number of primary amides is 2. The molecule has 13 amide bonds. The van der Waals surface area contributed by atoms with E-state index >= 15 is 0 Å². The van der Waals surface area contributed by atoms with Crippen LogP contribution in [0, 0.1) is 0 Å². The standard InChI is InChI=1S/C60H76N14O22S2/c1-30(75)51(74-48(79)29-64-53(85)41(23-32-12-14-34(15-13-32)96-98(93,94)95)71-59(91)44(26-50(82)83)72-55(87)38(16-18-45(61)76)68-54(86)37-17-19-46(77)66-37)60(92)65-28-47(78)67-42(24-33-27-63-36-11-7-6-10-35(33)36)57(89)69-39(20-21-97-2)56(88)73-43(25-49(80)81)58(90)70-40(52(62)84)22-31-8-4-3-5-9-31/h3-15,27,30,37-44,51,63,75H,16-26,28-29H2,1-2H3,(H2,61,76)(H2,62,84)(H,64,85)(H,65,92)(H,66,77)(H,67,78)(H,68,86)(H,69,89)(H,70,90)(H,71,91)(H,72,87)(H,73,88)(H,74,79)(H,80,81)(H,82,83)(H,93,94,95)/t30-,37+,38+,39+,40+,41+,42+,43+,44+,51+/m1/s1. The number of fused-ring (bicyclic) bond motifs is 1. The number of benzene rings is 3. The Morgan fingerprint density at radius 1 is 0.602 bits per heavy atom. The van der Waals surface area contributed by atoms with Gasteiger partial charge in [0, 0.05) is 49.2 Å². The van der Waals surface area contributed by atoms with Crippen LogP contribution in [0.1, 0.15) is 68.6 Å². The molecule has 1 fully saturated rings. The van der Waals surface area contributed by atoms with E-state index < -0.39 is 211 Å². The third-order valence-corrected chi connectivity index (χ3v) is 15.8. The molecule has 38 heteroatoms. The molecule has 3 aromatic carbocycles. The lowest BCUT2D eigenvalue weighted by Gasteiger charge is -2.26. The summed E-state index contributed by atoms with van der Waals surface area (Å²) in [4.78, 5) is 201. The summed E-state index contributed by atoms with van der Waals surface area (Å²) < 4.78 is 36.2. The summed E-state index contributed by atoms with van der Waals surface area (Å²) in [7, 11) is -5.00. The molecule has 1 aliphatic rings. The highest BCUT2D eigenvalue weighted by atomic mass is 32.3. The Morgan fingerprint density at radius 2 is 1.10 bits per heavy atom. The van der Waals surface area contributed by atoms with E-state index in [1.165, 1.54) is 23.9 Å². The quantitative estimate of drug-likeness (QED) is 0.0185. The van der Waals surface area contributed by atoms with Crippen molar-refractivity contribution in [3.8, 4) is 5.75 Å². The van der Waals surface area contributed by atoms with E-state index in [4.69, 9.17) is 16.0 Å². The average molecular weight is 1410 g/mol. The molecule has 0 unspecified atom stereocenters. The number of hydrogen-bond donors (Lipinski definition) is 18. The van der Waals surface area contributed by atoms with Gasteiger partial charge in [-0.1, -0.05) is 60.7 Å². The number of aliphatic hydroxyl groups excluding tert-OH is 1. The molecular formula is C60H76N14O22S2. The van der Waals surface area contributed by atoms with Crippen molar-refractivity contribution >= 4 is 122 Å². The molecule has 98 heavy (non-hydrogen) atoms. The molecule has 2 heterocycles. The van der Waals surface area contributed by atoms with Crippen molar-refractivity contribution in [2.75, 3.05) is 25.1 Å². The molecule has 4 aromatic rings. The number of carboxylic acid groups (broad SMARTS) is 2. The molecular weight excluding hydrogens is 1330 g/mol. The topological polar surface area (TPSA) is 580 Å². The van der Waals surface area contributed by atoms with E-state index in [2.05, 4.69) is 67.7 Å². The summed E-state index contributed by atoms with van der Waals surface area (Å²) in [5, 5.41) is 56.4. The first-order chi connectivity index (χ1) is 46.3. The summed E-state index contributed by atoms with van der Waals surface area (Å²) in [6, 6.07) is 5.14. The number of carbonyl (C=O) groups excluding carboxylic acids is 13. The molecule has 10 atom stereocenters. The van der Waals surface area contributed by atoms with Crippen LogP contribution in [0.4, 0.5) is 0 Å². The van der Waals surface area contributed by atoms with E-state index in [9.17, 15) is 95.7 Å². The Balaban J connectivity index is 1.29. The van der Waals surface area contributed by atoms with Crippen molar-refractivity contribution in [1.82, 2.24) is 63.5 Å². The van der Waals surface area contributed by atoms with Crippen molar-refractivity contribution < 1.29 is 104 Å². The number of aliphatic carboxylic acids is 2. The average Bonchev–Trinajstić information content (AvgIpc) is 1.64. The molecule has 1 aromatic heterocycles. The number of nitrogens with one attached hydrogen (secondary N) is 12. The lowest BCUT2D eigenvalue weighted by molar-refractivity contribution is -0.142. The van der Waals surface area contributed by atoms with Gasteiger partial charge in [0.15, 0.2) is 0 Å². The monoisotopic (exact) mass is 1410 g/mol. The summed E-state index contributed by atoms with van der Waals surface area (Å²) >= 11 is 1.26. The summed E-state index contributed by atoms with van der Waals surface area (Å²) in [5.74, 6) is -16.8. The number of rotatable bonds is 40. The molecule has 1 aliphatic heterocycles. The summed E-state index contributed by atoms with van der Waals surface area (Å²) in [5.41, 5.74) is 12.7. The minimum absolute atomic E-state index is 0.0198. The fourth-order valence-electron chi connectivity index (χ4n) is 9.77. The second-order valence-electron chi connectivity index (χ2n) is 22.4. The number of amides is 13. The van der Waals surface area contributed by atoms with Gasteiger partial charge in [0.2, 0.25) is 76.8 Å². The Kier molecular flexibility index (Phi) is 29.9. The van der Waals surface area contributed by atoms with Crippen LogP contribution in [0.25, 0.3) is 10.9 Å². The Bertz CT molecular complexity index is 3710. The van der Waals surface area contributed by atoms with Gasteiger partial charge in [0.05, 0.1) is 32.0 Å². The third-order valence-electron chi connectivity index (χ3n) is 14.7. The molecule has 36 nitrogen and oxygen atoms in total. The van der Waals surface area contributed by atoms with E-state index in [1.807, 2.05) is 0 Å². The number of aromatic nitrogens is 1. The van der Waals surface area contributed by atoms with Crippen LogP contribution in [-0.2, 0) is 102 Å². The van der Waals surface area contributed by atoms with Crippen LogP contribution in [0.3, 0.4) is 0 Å². The van der Waals surface area contributed by atoms with Crippen LogP contribution < -0.4 is 74.1 Å². The largest absolute Gasteiger partial charge is 0.481 e. The first-order valence-corrected chi connectivity index (χ1v) is 32.8. The zero-order chi connectivity index (χ0) is 72.4. The van der Waals surface area contributed by atoms with Gasteiger partial charge in [-0.25, -0.2) is 0 Å². The lowest BCUT2D eigenvalue weighted by Crippen LogP contribution is -2.59. The molecule has 0 bridgehead atoms. The van der Waals surface area contributed by atoms with Gasteiger partial charge in [-0.2, -0.15) is 20.2 Å². The van der Waals surface area contributed by atoms with E-state index in [0.717, 1.165) is 19.1 Å². The number of carboxylic acids is 2. The van der Waals surface area contributed by atoms with E-state index in [0.29, 0.717) is 22.0 Å². The maximum Gasteiger partial charge on any atom is 0.446 e. The van der Waals surface area contributed by atoms with Gasteiger partial charge >= 0.3 is 22.3 Å². The summed E-state index contributed by atoms with van der Waals surface area (Å²) in [6.45, 7) is -0.886. The minimum Gasteiger partial charge on any atom is -0.481 e. The Labute approximate surface area is 563 Å². The second-order valence-corrected chi connectivity index (χ2v) is 24.4. The molecule has 20 N–H and O–H groups in total. The summed E-state index contributed by atoms with van der Waals surface area (Å²) in [6.07, 6.45) is -2.50. The molecule has 530 valence electrons. The van der Waals surface area contributed by atoms with Crippen molar-refractivity contribution in [2.45, 2.75) is 132 Å². The first-order valence-electron chi connectivity index (χ1n) is 30.1. The zero-order valence-electron chi connectivity index (χ0n) is 52.7. The van der Waals surface area contributed by atoms with Gasteiger partial charge in [0.1, 0.15) is 60.1 Å². The van der Waals surface area contributed by atoms with Crippen LogP contribution in [0.5, 0.6) is 5.75 Å². The second kappa shape index (κ2) is 37.5. The Morgan fingerprint density at radius 3 is 1.65 bits per heavy atom. The number of carbonyl (C=O) groups is 15. The van der Waals surface area contributed by atoms with Gasteiger partial charge in [0.25, 0.3) is 0 Å². The molecule has 0 saturated carbocycles. The number of H-pyrrole nitrogens is 1. The SMILES string of the molecule is CSCC[C@H](NC(=O)[C@H](Cc1c[nH]c2ccccc12)NC(=O)CNC(=O)[C@@H](NC(=O)CNC(=O)[C@H](Cc1ccc(OS(=O)(=O)O)cc1)NC(=O)[C@H](CC(=O)O)NC(=O)[C@H](CCC(N)=O)NC(=O)[C@@H]1CCC(=O)N1)[C@@H](C)O)C(=O)N[C@@H](CC(=O)O)C(=O)N[C@@H](Cc1ccccc1)C(N)=O. The number of aliphatic hydroxyl groups is 1. The number of aromatic amines is 1. The van der Waals surface area contributed by atoms with Crippen molar-refractivity contribution in [2.24, 2.45) is 11.5 Å². The maximum atomic E-state index is 14.4. The van der Waals surface area contributed by atoms with Crippen molar-refractivity contribution in [1.29, 1.82) is 0 Å². The van der Waals surface area contributed by atoms with Crippen molar-refractivity contribution in [3.63, 3.8) is 0 Å². The molecule has 0 spiro atoms. The fraction of sp³-hybridized carbons (Fsp3) is 0.417. The maximum absolute atomic E-state index is 14.4.